The lowest BCUT2D eigenvalue weighted by atomic mass is 10.0. The molecule has 0 saturated heterocycles. The van der Waals surface area contributed by atoms with E-state index in [-0.39, 0.29) is 0 Å². The van der Waals surface area contributed by atoms with Crippen LogP contribution < -0.4 is 9.80 Å². The number of rotatable bonds is 11. The zero-order valence-electron chi connectivity index (χ0n) is 36.2. The third kappa shape index (κ3) is 7.17. The molecule has 4 nitrogen and oxygen atoms in total. The molecule has 0 N–H and O–H groups in total. The molecule has 11 aromatic rings. The fourth-order valence-electron chi connectivity index (χ4n) is 9.37. The standard InChI is InChI=1S/C61H46N4/c1-3-46(62(47-20-8-4-9-21-47)52-38-40-60-56(42-52)54-28-16-18-30-58(54)64(60)49-24-12-6-13-25-49)35-32-44(2)45-33-36-51(37-34-45)63(48-22-10-5-11-23-48)53-39-41-61-57(43-53)55-29-17-19-31-59(55)65(61)50-26-14-7-15-27-50/h3-43H,2H2,1H3/b35-32-,46-3+. The van der Waals surface area contributed by atoms with Crippen LogP contribution in [0.3, 0.4) is 0 Å². The summed E-state index contributed by atoms with van der Waals surface area (Å²) in [5.41, 5.74) is 15.4. The zero-order chi connectivity index (χ0) is 43.7. The number of allylic oxidation sites excluding steroid dienone is 4. The fourth-order valence-corrected chi connectivity index (χ4v) is 9.37. The molecular weight excluding hydrogens is 789 g/mol. The highest BCUT2D eigenvalue weighted by Crippen LogP contribution is 2.41. The second-order valence-electron chi connectivity index (χ2n) is 16.2. The maximum absolute atomic E-state index is 4.57. The van der Waals surface area contributed by atoms with E-state index in [4.69, 9.17) is 0 Å². The number of benzene rings is 9. The van der Waals surface area contributed by atoms with Gasteiger partial charge in [0.15, 0.2) is 0 Å². The molecule has 0 aliphatic rings. The average molecular weight is 835 g/mol. The predicted molar refractivity (Wildman–Crippen MR) is 277 cm³/mol. The van der Waals surface area contributed by atoms with Crippen molar-refractivity contribution < 1.29 is 0 Å². The van der Waals surface area contributed by atoms with Crippen molar-refractivity contribution in [2.24, 2.45) is 0 Å². The van der Waals surface area contributed by atoms with Crippen LogP contribution in [0.4, 0.5) is 28.4 Å². The van der Waals surface area contributed by atoms with Gasteiger partial charge in [0, 0.05) is 67.1 Å². The zero-order valence-corrected chi connectivity index (χ0v) is 36.2. The molecule has 0 saturated carbocycles. The maximum atomic E-state index is 4.57. The number of nitrogens with zero attached hydrogens (tertiary/aromatic N) is 4. The van der Waals surface area contributed by atoms with E-state index < -0.39 is 0 Å². The first-order chi connectivity index (χ1) is 32.1. The van der Waals surface area contributed by atoms with Crippen LogP contribution in [0.2, 0.25) is 0 Å². The molecule has 0 spiro atoms. The van der Waals surface area contributed by atoms with Gasteiger partial charge in [-0.3, -0.25) is 0 Å². The SMILES string of the molecule is C=C(/C=C\C(=C/C)N(c1ccccc1)c1ccc2c(c1)c1ccccc1n2-c1ccccc1)c1ccc(N(c2ccccc2)c2ccc3c(c2)c2ccccc2n3-c2ccccc2)cc1. The van der Waals surface area contributed by atoms with Gasteiger partial charge in [0.25, 0.3) is 0 Å². The van der Waals surface area contributed by atoms with Gasteiger partial charge in [-0.1, -0.05) is 140 Å². The van der Waals surface area contributed by atoms with Crippen molar-refractivity contribution in [1.82, 2.24) is 9.13 Å². The van der Waals surface area contributed by atoms with Gasteiger partial charge in [-0.15, -0.1) is 0 Å². The van der Waals surface area contributed by atoms with Gasteiger partial charge in [0.1, 0.15) is 0 Å². The Kier molecular flexibility index (Phi) is 10.2. The van der Waals surface area contributed by atoms with E-state index in [0.29, 0.717) is 0 Å². The van der Waals surface area contributed by atoms with E-state index in [2.05, 4.69) is 281 Å². The highest BCUT2D eigenvalue weighted by Gasteiger charge is 2.19. The Morgan fingerprint density at radius 1 is 0.385 bits per heavy atom. The van der Waals surface area contributed by atoms with Gasteiger partial charge >= 0.3 is 0 Å². The van der Waals surface area contributed by atoms with Crippen molar-refractivity contribution in [3.8, 4) is 11.4 Å². The molecule has 0 radical (unpaired) electrons. The molecule has 0 bridgehead atoms. The average Bonchev–Trinajstić information content (AvgIpc) is 3.89. The third-order valence-electron chi connectivity index (χ3n) is 12.4. The number of hydrogen-bond donors (Lipinski definition) is 0. The van der Waals surface area contributed by atoms with Crippen molar-refractivity contribution in [2.45, 2.75) is 6.92 Å². The van der Waals surface area contributed by atoms with E-state index in [0.717, 1.165) is 56.6 Å². The van der Waals surface area contributed by atoms with Crippen LogP contribution in [-0.4, -0.2) is 9.13 Å². The summed E-state index contributed by atoms with van der Waals surface area (Å²) in [4.78, 5) is 4.66. The number of aromatic nitrogens is 2. The summed E-state index contributed by atoms with van der Waals surface area (Å²) in [6.07, 6.45) is 6.48. The molecular formula is C61H46N4. The van der Waals surface area contributed by atoms with Crippen molar-refractivity contribution in [3.63, 3.8) is 0 Å². The van der Waals surface area contributed by atoms with Gasteiger partial charge in [-0.2, -0.15) is 0 Å². The number of para-hydroxylation sites is 6. The molecule has 0 fully saturated rings. The van der Waals surface area contributed by atoms with Crippen LogP contribution >= 0.6 is 0 Å². The molecule has 4 heteroatoms. The van der Waals surface area contributed by atoms with Gasteiger partial charge < -0.3 is 18.9 Å². The van der Waals surface area contributed by atoms with Crippen LogP contribution in [0, 0.1) is 0 Å². The molecule has 0 atom stereocenters. The van der Waals surface area contributed by atoms with E-state index in [1.54, 1.807) is 0 Å². The first-order valence-corrected chi connectivity index (χ1v) is 22.2. The molecule has 0 aliphatic carbocycles. The predicted octanol–water partition coefficient (Wildman–Crippen LogP) is 16.7. The van der Waals surface area contributed by atoms with Gasteiger partial charge in [0.2, 0.25) is 0 Å². The fraction of sp³-hybridized carbons (Fsp3) is 0.0164. The van der Waals surface area contributed by atoms with Crippen molar-refractivity contribution in [1.29, 1.82) is 0 Å². The molecule has 0 amide bonds. The quantitative estimate of drug-likeness (QED) is 0.121. The summed E-state index contributed by atoms with van der Waals surface area (Å²) in [6, 6.07) is 82.2. The van der Waals surface area contributed by atoms with Crippen LogP contribution in [0.25, 0.3) is 60.6 Å². The monoisotopic (exact) mass is 834 g/mol. The molecule has 11 rings (SSSR count). The topological polar surface area (TPSA) is 16.3 Å². The van der Waals surface area contributed by atoms with Gasteiger partial charge in [-0.25, -0.2) is 0 Å². The van der Waals surface area contributed by atoms with E-state index in [9.17, 15) is 0 Å². The summed E-state index contributed by atoms with van der Waals surface area (Å²) < 4.78 is 4.72. The lowest BCUT2D eigenvalue weighted by Crippen LogP contribution is -2.15. The summed E-state index contributed by atoms with van der Waals surface area (Å²) in [5, 5.41) is 4.86. The second-order valence-corrected chi connectivity index (χ2v) is 16.2. The lowest BCUT2D eigenvalue weighted by molar-refractivity contribution is 1.17. The van der Waals surface area contributed by atoms with Crippen LogP contribution in [0.15, 0.2) is 261 Å². The highest BCUT2D eigenvalue weighted by molar-refractivity contribution is 6.12. The largest absolute Gasteiger partial charge is 0.311 e. The molecule has 0 aliphatic heterocycles. The Bertz CT molecular complexity index is 3540. The Balaban J connectivity index is 0.927. The van der Waals surface area contributed by atoms with Crippen molar-refractivity contribution >= 4 is 77.6 Å². The van der Waals surface area contributed by atoms with Crippen molar-refractivity contribution in [3.05, 3.63) is 267 Å². The lowest BCUT2D eigenvalue weighted by Gasteiger charge is -2.27. The van der Waals surface area contributed by atoms with E-state index in [1.165, 1.54) is 43.6 Å². The third-order valence-corrected chi connectivity index (χ3v) is 12.4. The summed E-state index contributed by atoms with van der Waals surface area (Å²) in [7, 11) is 0. The summed E-state index contributed by atoms with van der Waals surface area (Å²) >= 11 is 0. The van der Waals surface area contributed by atoms with E-state index in [1.807, 2.05) is 0 Å². The van der Waals surface area contributed by atoms with Crippen LogP contribution in [0.1, 0.15) is 12.5 Å². The maximum Gasteiger partial charge on any atom is 0.0542 e. The first kappa shape index (κ1) is 39.3. The van der Waals surface area contributed by atoms with Gasteiger partial charge in [0.05, 0.1) is 22.1 Å². The van der Waals surface area contributed by atoms with E-state index >= 15 is 0 Å². The summed E-state index contributed by atoms with van der Waals surface area (Å²) in [6.45, 7) is 6.67. The molecule has 310 valence electrons. The second kappa shape index (κ2) is 16.9. The number of hydrogen-bond acceptors (Lipinski definition) is 2. The Morgan fingerprint density at radius 3 is 1.34 bits per heavy atom. The Morgan fingerprint density at radius 2 is 0.800 bits per heavy atom. The minimum absolute atomic E-state index is 0.923. The first-order valence-electron chi connectivity index (χ1n) is 22.2. The molecule has 0 unspecified atom stereocenters. The molecule has 2 heterocycles. The molecule has 2 aromatic heterocycles. The molecule has 9 aromatic carbocycles. The van der Waals surface area contributed by atoms with Crippen LogP contribution in [-0.2, 0) is 0 Å². The number of anilines is 5. The summed E-state index contributed by atoms with van der Waals surface area (Å²) in [5.74, 6) is 0. The normalized spacial score (nSPS) is 11.9. The minimum Gasteiger partial charge on any atom is -0.311 e. The molecule has 65 heavy (non-hydrogen) atoms. The van der Waals surface area contributed by atoms with Crippen molar-refractivity contribution in [2.75, 3.05) is 9.80 Å². The highest BCUT2D eigenvalue weighted by atomic mass is 15.2. The minimum atomic E-state index is 0.923. The van der Waals surface area contributed by atoms with Gasteiger partial charge in [-0.05, 0) is 133 Å². The number of fused-ring (bicyclic) bond motifs is 6. The Labute approximate surface area is 379 Å². The van der Waals surface area contributed by atoms with Crippen LogP contribution in [0.5, 0.6) is 0 Å². The smallest absolute Gasteiger partial charge is 0.0542 e. The Hall–Kier alpha value is -8.60.